The Labute approximate surface area is 193 Å². The number of anilines is 4. The summed E-state index contributed by atoms with van der Waals surface area (Å²) in [4.78, 5) is 26.9. The van der Waals surface area contributed by atoms with E-state index in [1.807, 2.05) is 19.1 Å². The monoisotopic (exact) mass is 450 g/mol. The van der Waals surface area contributed by atoms with Crippen LogP contribution in [-0.4, -0.2) is 51.1 Å². The lowest BCUT2D eigenvalue weighted by Crippen LogP contribution is -2.47. The first-order valence-electron chi connectivity index (χ1n) is 10.7. The first-order chi connectivity index (χ1) is 15.6. The van der Waals surface area contributed by atoms with E-state index in [1.165, 1.54) is 0 Å². The maximum absolute atomic E-state index is 6.84. The van der Waals surface area contributed by atoms with Crippen molar-refractivity contribution < 1.29 is 0 Å². The first-order valence-corrected chi connectivity index (χ1v) is 11.1. The molecule has 0 spiro atoms. The van der Waals surface area contributed by atoms with Crippen LogP contribution in [0.2, 0.25) is 0 Å². The molecule has 0 radical (unpaired) electrons. The van der Waals surface area contributed by atoms with Gasteiger partial charge in [-0.1, -0.05) is 24.1 Å². The van der Waals surface area contributed by atoms with E-state index in [9.17, 15) is 0 Å². The number of hydrogen-bond donors (Lipinski definition) is 1. The van der Waals surface area contributed by atoms with Crippen LogP contribution in [0, 0.1) is 6.92 Å². The molecule has 0 saturated carbocycles. The van der Waals surface area contributed by atoms with Gasteiger partial charge in [-0.2, -0.15) is 4.98 Å². The van der Waals surface area contributed by atoms with Crippen LogP contribution in [0.1, 0.15) is 31.5 Å². The maximum Gasteiger partial charge on any atom is 0.229 e. The Morgan fingerprint density at radius 1 is 1.03 bits per heavy atom. The minimum Gasteiger partial charge on any atom is -0.352 e. The summed E-state index contributed by atoms with van der Waals surface area (Å²) in [5.41, 5.74) is 3.70. The molecule has 1 saturated heterocycles. The van der Waals surface area contributed by atoms with Crippen molar-refractivity contribution >= 4 is 39.9 Å². The number of hydrogen-bond acceptors (Lipinski definition) is 8. The Morgan fingerprint density at radius 2 is 1.78 bits per heavy atom. The van der Waals surface area contributed by atoms with Crippen LogP contribution >= 0.6 is 11.6 Å². The lowest BCUT2D eigenvalue weighted by atomic mass is 10.1. The number of aromatic nitrogens is 5. The predicted octanol–water partition coefficient (Wildman–Crippen LogP) is 4.42. The first kappa shape index (κ1) is 22.0. The smallest absolute Gasteiger partial charge is 0.229 e. The second kappa shape index (κ2) is 9.91. The topological polar surface area (TPSA) is 83.0 Å². The van der Waals surface area contributed by atoms with Crippen molar-refractivity contribution in [1.29, 1.82) is 0 Å². The average Bonchev–Trinajstić information content (AvgIpc) is 2.84. The Kier molecular flexibility index (Phi) is 6.80. The van der Waals surface area contributed by atoms with Gasteiger partial charge in [-0.05, 0) is 32.4 Å². The fraction of sp³-hybridized carbons (Fsp3) is 0.348. The molecule has 4 heterocycles. The quantitative estimate of drug-likeness (QED) is 0.590. The van der Waals surface area contributed by atoms with Crippen molar-refractivity contribution in [2.45, 2.75) is 27.2 Å². The summed E-state index contributed by atoms with van der Waals surface area (Å²) in [6.07, 6.45) is 9.57. The van der Waals surface area contributed by atoms with Crippen molar-refractivity contribution in [3.63, 3.8) is 0 Å². The zero-order chi connectivity index (χ0) is 22.5. The lowest BCUT2D eigenvalue weighted by Gasteiger charge is -2.37. The van der Waals surface area contributed by atoms with Crippen LogP contribution in [0.5, 0.6) is 0 Å². The van der Waals surface area contributed by atoms with Crippen LogP contribution < -0.4 is 15.1 Å². The summed E-state index contributed by atoms with van der Waals surface area (Å²) >= 11 is 6.84. The molecule has 0 aliphatic carbocycles. The average molecular weight is 451 g/mol. The second-order valence-corrected chi connectivity index (χ2v) is 8.06. The molecule has 0 amide bonds. The van der Waals surface area contributed by atoms with Gasteiger partial charge in [0.05, 0.1) is 34.4 Å². The van der Waals surface area contributed by atoms with Gasteiger partial charge in [-0.3, -0.25) is 9.97 Å². The standard InChI is InChI=1S/C23H27ClN8/c1-4-16(2)21(24)20-17(3)28-23(29-18-6-5-7-25-14-18)30-22(20)32-12-10-31(11-13-32)19-15-26-8-9-27-19/h5-9,14-15H,4,10-13H2,1-3H3,(H,28,29,30)/b21-16-. The van der Waals surface area contributed by atoms with Gasteiger partial charge in [-0.15, -0.1) is 0 Å². The number of pyridine rings is 1. The largest absolute Gasteiger partial charge is 0.352 e. The molecule has 4 rings (SSSR count). The molecule has 1 fully saturated rings. The van der Waals surface area contributed by atoms with E-state index in [2.05, 4.69) is 43.9 Å². The van der Waals surface area contributed by atoms with Gasteiger partial charge in [0.1, 0.15) is 11.6 Å². The van der Waals surface area contributed by atoms with Crippen molar-refractivity contribution in [2.75, 3.05) is 41.3 Å². The molecule has 1 aliphatic heterocycles. The van der Waals surface area contributed by atoms with Crippen molar-refractivity contribution in [1.82, 2.24) is 24.9 Å². The summed E-state index contributed by atoms with van der Waals surface area (Å²) in [6, 6.07) is 3.81. The van der Waals surface area contributed by atoms with Crippen molar-refractivity contribution in [2.24, 2.45) is 0 Å². The summed E-state index contributed by atoms with van der Waals surface area (Å²) < 4.78 is 0. The van der Waals surface area contributed by atoms with E-state index in [-0.39, 0.29) is 0 Å². The third-order valence-corrected chi connectivity index (χ3v) is 6.08. The highest BCUT2D eigenvalue weighted by Crippen LogP contribution is 2.35. The summed E-state index contributed by atoms with van der Waals surface area (Å²) in [5, 5.41) is 4.00. The molecule has 32 heavy (non-hydrogen) atoms. The fourth-order valence-corrected chi connectivity index (χ4v) is 3.99. The molecule has 0 unspecified atom stereocenters. The van der Waals surface area contributed by atoms with Gasteiger partial charge < -0.3 is 15.1 Å². The predicted molar refractivity (Wildman–Crippen MR) is 129 cm³/mol. The second-order valence-electron chi connectivity index (χ2n) is 7.68. The molecular weight excluding hydrogens is 424 g/mol. The van der Waals surface area contributed by atoms with E-state index < -0.39 is 0 Å². The van der Waals surface area contributed by atoms with Gasteiger partial charge in [0.25, 0.3) is 0 Å². The molecule has 0 atom stereocenters. The molecule has 9 heteroatoms. The minimum atomic E-state index is 0.532. The zero-order valence-electron chi connectivity index (χ0n) is 18.6. The lowest BCUT2D eigenvalue weighted by molar-refractivity contribution is 0.639. The van der Waals surface area contributed by atoms with Crippen LogP contribution in [0.3, 0.4) is 0 Å². The fourth-order valence-electron chi connectivity index (χ4n) is 3.64. The van der Waals surface area contributed by atoms with Crippen molar-refractivity contribution in [3.8, 4) is 0 Å². The highest BCUT2D eigenvalue weighted by molar-refractivity contribution is 6.49. The zero-order valence-corrected chi connectivity index (χ0v) is 19.3. The van der Waals surface area contributed by atoms with Gasteiger partial charge in [0.2, 0.25) is 5.95 Å². The summed E-state index contributed by atoms with van der Waals surface area (Å²) in [5.74, 6) is 2.27. The highest BCUT2D eigenvalue weighted by Gasteiger charge is 2.25. The number of piperazine rings is 1. The Balaban J connectivity index is 1.66. The van der Waals surface area contributed by atoms with Gasteiger partial charge >= 0.3 is 0 Å². The summed E-state index contributed by atoms with van der Waals surface area (Å²) in [7, 11) is 0. The van der Waals surface area contributed by atoms with Crippen LogP contribution in [0.25, 0.3) is 5.03 Å². The van der Waals surface area contributed by atoms with Crippen LogP contribution in [0.4, 0.5) is 23.3 Å². The number of allylic oxidation sites excluding steroid dienone is 1. The van der Waals surface area contributed by atoms with E-state index in [0.717, 1.165) is 71.8 Å². The Hall–Kier alpha value is -3.26. The van der Waals surface area contributed by atoms with Gasteiger partial charge in [-0.25, -0.2) is 9.97 Å². The van der Waals surface area contributed by atoms with E-state index in [1.54, 1.807) is 31.0 Å². The maximum atomic E-state index is 6.84. The molecule has 8 nitrogen and oxygen atoms in total. The Bertz CT molecular complexity index is 1080. The van der Waals surface area contributed by atoms with Crippen LogP contribution in [-0.2, 0) is 0 Å². The molecule has 0 aromatic carbocycles. The number of aryl methyl sites for hydroxylation is 1. The Morgan fingerprint density at radius 3 is 2.44 bits per heavy atom. The molecule has 1 N–H and O–H groups in total. The van der Waals surface area contributed by atoms with Crippen molar-refractivity contribution in [3.05, 3.63) is 59.9 Å². The number of nitrogens with one attached hydrogen (secondary N) is 1. The molecular formula is C23H27ClN8. The SMILES string of the molecule is CC/C(C)=C(\Cl)c1c(C)nc(Nc2cccnc2)nc1N1CCN(c2cnccn2)CC1. The number of rotatable bonds is 6. The summed E-state index contributed by atoms with van der Waals surface area (Å²) in [6.45, 7) is 9.37. The van der Waals surface area contributed by atoms with E-state index >= 15 is 0 Å². The molecule has 166 valence electrons. The minimum absolute atomic E-state index is 0.532. The van der Waals surface area contributed by atoms with Crippen LogP contribution in [0.15, 0.2) is 48.7 Å². The number of halogens is 1. The molecule has 0 bridgehead atoms. The third-order valence-electron chi connectivity index (χ3n) is 5.57. The van der Waals surface area contributed by atoms with Gasteiger partial charge in [0, 0.05) is 44.8 Å². The normalized spacial score (nSPS) is 14.9. The molecule has 1 aliphatic rings. The van der Waals surface area contributed by atoms with E-state index in [0.29, 0.717) is 5.95 Å². The number of nitrogens with zero attached hydrogens (tertiary/aromatic N) is 7. The van der Waals surface area contributed by atoms with E-state index in [4.69, 9.17) is 21.6 Å². The van der Waals surface area contributed by atoms with Gasteiger partial charge in [0.15, 0.2) is 0 Å². The third kappa shape index (κ3) is 4.80. The highest BCUT2D eigenvalue weighted by atomic mass is 35.5. The molecule has 3 aromatic heterocycles. The molecule has 3 aromatic rings.